The summed E-state index contributed by atoms with van der Waals surface area (Å²) >= 11 is 0. The lowest BCUT2D eigenvalue weighted by molar-refractivity contribution is -0.132. The molecule has 4 atom stereocenters. The second-order valence-corrected chi connectivity index (χ2v) is 2.77. The third kappa shape index (κ3) is 2.07. The molecule has 0 saturated carbocycles. The highest BCUT2D eigenvalue weighted by Crippen LogP contribution is 2.18. The van der Waals surface area contributed by atoms with Gasteiger partial charge in [-0.05, 0) is 0 Å². The first-order valence-corrected chi connectivity index (χ1v) is 3.74. The van der Waals surface area contributed by atoms with Crippen LogP contribution in [0.15, 0.2) is 0 Å². The summed E-state index contributed by atoms with van der Waals surface area (Å²) in [5.41, 5.74) is 4.82. The average Bonchev–Trinajstić information content (AvgIpc) is 2.31. The van der Waals surface area contributed by atoms with E-state index >= 15 is 0 Å². The molecule has 1 aliphatic heterocycles. The van der Waals surface area contributed by atoms with Crippen LogP contribution in [0.2, 0.25) is 0 Å². The van der Waals surface area contributed by atoms with Gasteiger partial charge in [-0.2, -0.15) is 0 Å². The van der Waals surface area contributed by atoms with E-state index in [0.29, 0.717) is 0 Å². The fourth-order valence-electron chi connectivity index (χ4n) is 1.24. The molecule has 0 spiro atoms. The van der Waals surface area contributed by atoms with E-state index in [0.717, 1.165) is 0 Å². The maximum atomic E-state index is 10.5. The molecule has 2 amide bonds. The fourth-order valence-corrected chi connectivity index (χ4v) is 1.24. The minimum atomic E-state index is -1.41. The van der Waals surface area contributed by atoms with Crippen molar-refractivity contribution >= 4 is 6.03 Å². The van der Waals surface area contributed by atoms with Crippen molar-refractivity contribution in [3.05, 3.63) is 0 Å². The number of hydrogen-bond donors (Lipinski definition) is 5. The summed E-state index contributed by atoms with van der Waals surface area (Å²) in [7, 11) is 0. The standard InChI is InChI=1S/C6H12N2O5/c7-6(12)8-3-2(1-9)13-5(11)4(3)10/h2-5,9-11H,1H2,(H3,7,8,12)/t2-,3+,4-,5+/m0/s1. The largest absolute Gasteiger partial charge is 0.394 e. The van der Waals surface area contributed by atoms with Crippen LogP contribution in [0.4, 0.5) is 4.79 Å². The van der Waals surface area contributed by atoms with Gasteiger partial charge in [0.1, 0.15) is 12.2 Å². The smallest absolute Gasteiger partial charge is 0.312 e. The van der Waals surface area contributed by atoms with E-state index in [9.17, 15) is 9.90 Å². The molecule has 6 N–H and O–H groups in total. The van der Waals surface area contributed by atoms with Gasteiger partial charge in [0, 0.05) is 0 Å². The number of aliphatic hydroxyl groups excluding tert-OH is 3. The molecule has 0 aromatic heterocycles. The van der Waals surface area contributed by atoms with E-state index in [1.807, 2.05) is 0 Å². The first-order chi connectivity index (χ1) is 6.06. The Kier molecular flexibility index (Phi) is 3.04. The maximum Gasteiger partial charge on any atom is 0.312 e. The number of rotatable bonds is 2. The molecule has 7 heteroatoms. The van der Waals surface area contributed by atoms with Crippen molar-refractivity contribution in [3.8, 4) is 0 Å². The lowest BCUT2D eigenvalue weighted by Gasteiger charge is -2.18. The maximum absolute atomic E-state index is 10.5. The van der Waals surface area contributed by atoms with Gasteiger partial charge >= 0.3 is 6.03 Å². The van der Waals surface area contributed by atoms with Gasteiger partial charge in [-0.3, -0.25) is 0 Å². The van der Waals surface area contributed by atoms with E-state index < -0.39 is 37.2 Å². The van der Waals surface area contributed by atoms with Gasteiger partial charge in [0.2, 0.25) is 0 Å². The zero-order chi connectivity index (χ0) is 10.0. The molecular weight excluding hydrogens is 180 g/mol. The van der Waals surface area contributed by atoms with Gasteiger partial charge in [0.25, 0.3) is 0 Å². The Morgan fingerprint density at radius 3 is 2.62 bits per heavy atom. The number of primary amides is 1. The summed E-state index contributed by atoms with van der Waals surface area (Å²) < 4.78 is 4.72. The number of aliphatic hydroxyl groups is 3. The molecule has 0 radical (unpaired) electrons. The number of hydrogen-bond acceptors (Lipinski definition) is 5. The van der Waals surface area contributed by atoms with E-state index in [2.05, 4.69) is 5.32 Å². The summed E-state index contributed by atoms with van der Waals surface area (Å²) in [4.78, 5) is 10.5. The zero-order valence-corrected chi connectivity index (χ0v) is 6.75. The second-order valence-electron chi connectivity index (χ2n) is 2.77. The molecule has 0 aliphatic carbocycles. The Balaban J connectivity index is 2.62. The van der Waals surface area contributed by atoms with E-state index in [-0.39, 0.29) is 0 Å². The van der Waals surface area contributed by atoms with Crippen LogP contribution in [-0.2, 0) is 4.74 Å². The van der Waals surface area contributed by atoms with Crippen molar-refractivity contribution in [1.82, 2.24) is 5.32 Å². The van der Waals surface area contributed by atoms with Gasteiger partial charge in [-0.15, -0.1) is 0 Å². The van der Waals surface area contributed by atoms with Crippen molar-refractivity contribution in [1.29, 1.82) is 0 Å². The number of ether oxygens (including phenoxy) is 1. The molecule has 0 bridgehead atoms. The fraction of sp³-hybridized carbons (Fsp3) is 0.833. The van der Waals surface area contributed by atoms with Crippen molar-refractivity contribution < 1.29 is 24.9 Å². The van der Waals surface area contributed by atoms with Crippen LogP contribution in [0.3, 0.4) is 0 Å². The number of amides is 2. The highest BCUT2D eigenvalue weighted by molar-refractivity contribution is 5.72. The van der Waals surface area contributed by atoms with Gasteiger partial charge in [0.15, 0.2) is 6.29 Å². The number of nitrogens with two attached hydrogens (primary N) is 1. The van der Waals surface area contributed by atoms with Crippen molar-refractivity contribution in [2.24, 2.45) is 5.73 Å². The summed E-state index contributed by atoms with van der Waals surface area (Å²) in [5, 5.41) is 29.2. The van der Waals surface area contributed by atoms with Crippen molar-refractivity contribution in [2.75, 3.05) is 6.61 Å². The van der Waals surface area contributed by atoms with Gasteiger partial charge in [-0.1, -0.05) is 0 Å². The highest BCUT2D eigenvalue weighted by Gasteiger charge is 2.43. The minimum absolute atomic E-state index is 0.418. The molecule has 0 unspecified atom stereocenters. The normalized spacial score (nSPS) is 39.0. The van der Waals surface area contributed by atoms with Gasteiger partial charge in [-0.25, -0.2) is 4.79 Å². The van der Waals surface area contributed by atoms with Gasteiger partial charge < -0.3 is 31.1 Å². The van der Waals surface area contributed by atoms with Gasteiger partial charge in [0.05, 0.1) is 12.6 Å². The monoisotopic (exact) mass is 192 g/mol. The van der Waals surface area contributed by atoms with Crippen LogP contribution in [-0.4, -0.2) is 52.5 Å². The Morgan fingerprint density at radius 1 is 1.54 bits per heavy atom. The Bertz CT molecular complexity index is 199. The summed E-state index contributed by atoms with van der Waals surface area (Å²) in [6.07, 6.45) is -3.52. The lowest BCUT2D eigenvalue weighted by atomic mass is 10.1. The Hall–Kier alpha value is -0.890. The first-order valence-electron chi connectivity index (χ1n) is 3.74. The van der Waals surface area contributed by atoms with E-state index in [1.165, 1.54) is 0 Å². The molecule has 1 heterocycles. The van der Waals surface area contributed by atoms with Crippen LogP contribution in [0.5, 0.6) is 0 Å². The van der Waals surface area contributed by atoms with Crippen LogP contribution >= 0.6 is 0 Å². The number of nitrogens with one attached hydrogen (secondary N) is 1. The van der Waals surface area contributed by atoms with E-state index in [4.69, 9.17) is 20.7 Å². The minimum Gasteiger partial charge on any atom is -0.394 e. The topological polar surface area (TPSA) is 125 Å². The zero-order valence-electron chi connectivity index (χ0n) is 6.75. The average molecular weight is 192 g/mol. The quantitative estimate of drug-likeness (QED) is 0.321. The van der Waals surface area contributed by atoms with Crippen LogP contribution in [0.1, 0.15) is 0 Å². The molecular formula is C6H12N2O5. The Morgan fingerprint density at radius 2 is 2.15 bits per heavy atom. The molecule has 76 valence electrons. The molecule has 1 saturated heterocycles. The van der Waals surface area contributed by atoms with Crippen LogP contribution < -0.4 is 11.1 Å². The molecule has 0 aromatic carbocycles. The summed E-state index contributed by atoms with van der Waals surface area (Å²) in [6.45, 7) is -0.418. The van der Waals surface area contributed by atoms with Crippen LogP contribution in [0, 0.1) is 0 Å². The predicted molar refractivity (Wildman–Crippen MR) is 40.5 cm³/mol. The first kappa shape index (κ1) is 10.2. The molecule has 7 nitrogen and oxygen atoms in total. The third-order valence-corrected chi connectivity index (χ3v) is 1.86. The van der Waals surface area contributed by atoms with Crippen LogP contribution in [0.25, 0.3) is 0 Å². The molecule has 13 heavy (non-hydrogen) atoms. The second kappa shape index (κ2) is 3.88. The third-order valence-electron chi connectivity index (χ3n) is 1.86. The Labute approximate surface area is 74.1 Å². The number of urea groups is 1. The number of carbonyl (C=O) groups is 1. The SMILES string of the molecule is NC(=O)N[C@H]1[C@H](O)[C@H](O)O[C@H]1CO. The highest BCUT2D eigenvalue weighted by atomic mass is 16.6. The lowest BCUT2D eigenvalue weighted by Crippen LogP contribution is -2.50. The predicted octanol–water partition coefficient (Wildman–Crippen LogP) is -2.91. The molecule has 0 aromatic rings. The molecule has 1 aliphatic rings. The molecule has 1 rings (SSSR count). The van der Waals surface area contributed by atoms with Crippen molar-refractivity contribution in [3.63, 3.8) is 0 Å². The summed E-state index contributed by atoms with van der Waals surface area (Å²) in [5.74, 6) is 0. The van der Waals surface area contributed by atoms with E-state index in [1.54, 1.807) is 0 Å². The van der Waals surface area contributed by atoms with Crippen molar-refractivity contribution in [2.45, 2.75) is 24.5 Å². The number of carbonyl (C=O) groups excluding carboxylic acids is 1. The summed E-state index contributed by atoms with van der Waals surface area (Å²) in [6, 6.07) is -1.72. The molecule has 1 fully saturated rings.